The molecule has 0 bridgehead atoms. The predicted molar refractivity (Wildman–Crippen MR) is 87.4 cm³/mol. The molecule has 0 amide bonds. The topological polar surface area (TPSA) is 82.7 Å². The van der Waals surface area contributed by atoms with Crippen molar-refractivity contribution in [2.75, 3.05) is 26.7 Å². The number of aromatic nitrogens is 2. The second kappa shape index (κ2) is 5.82. The van der Waals surface area contributed by atoms with Gasteiger partial charge in [0.25, 0.3) is 0 Å². The maximum absolute atomic E-state index is 12.0. The summed E-state index contributed by atoms with van der Waals surface area (Å²) in [6.45, 7) is 3.27. The summed E-state index contributed by atoms with van der Waals surface area (Å²) >= 11 is 0. The van der Waals surface area contributed by atoms with Gasteiger partial charge < -0.3 is 10.0 Å². The monoisotopic (exact) mass is 330 g/mol. The number of carbonyl (C=O) groups is 1. The fourth-order valence-corrected chi connectivity index (χ4v) is 4.42. The van der Waals surface area contributed by atoms with Crippen molar-refractivity contribution in [3.63, 3.8) is 0 Å². The number of piperidine rings is 2. The molecule has 2 aliphatic rings. The smallest absolute Gasteiger partial charge is 0.311 e. The summed E-state index contributed by atoms with van der Waals surface area (Å²) in [5, 5.41) is 17.8. The van der Waals surface area contributed by atoms with E-state index in [1.54, 1.807) is 0 Å². The molecule has 0 unspecified atom stereocenters. The van der Waals surface area contributed by atoms with Gasteiger partial charge in [-0.15, -0.1) is 0 Å². The lowest BCUT2D eigenvalue weighted by atomic mass is 9.68. The SMILES string of the molecule is CN1CCC[C@]2(C(=O)O)CCN(Cc3cccc4nonc34)C[C@@H]12. The van der Waals surface area contributed by atoms with Gasteiger partial charge >= 0.3 is 5.97 Å². The largest absolute Gasteiger partial charge is 0.481 e. The average Bonchev–Trinajstić information content (AvgIpc) is 3.05. The maximum atomic E-state index is 12.0. The Bertz CT molecular complexity index is 761. The molecule has 3 heterocycles. The van der Waals surface area contributed by atoms with Gasteiger partial charge in [-0.25, -0.2) is 4.63 Å². The van der Waals surface area contributed by atoms with Gasteiger partial charge in [-0.3, -0.25) is 9.69 Å². The average molecular weight is 330 g/mol. The van der Waals surface area contributed by atoms with E-state index in [0.717, 1.165) is 55.6 Å². The van der Waals surface area contributed by atoms with Crippen molar-refractivity contribution in [2.45, 2.75) is 31.8 Å². The maximum Gasteiger partial charge on any atom is 0.311 e. The first-order valence-electron chi connectivity index (χ1n) is 8.46. The molecule has 128 valence electrons. The van der Waals surface area contributed by atoms with Crippen LogP contribution in [0.4, 0.5) is 0 Å². The number of hydrogen-bond acceptors (Lipinski definition) is 6. The van der Waals surface area contributed by atoms with Crippen LogP contribution in [0.2, 0.25) is 0 Å². The van der Waals surface area contributed by atoms with Gasteiger partial charge in [0, 0.05) is 19.1 Å². The molecule has 0 radical (unpaired) electrons. The first-order valence-corrected chi connectivity index (χ1v) is 8.46. The number of aliphatic carboxylic acids is 1. The number of carboxylic acid groups (broad SMARTS) is 1. The van der Waals surface area contributed by atoms with Crippen molar-refractivity contribution in [1.29, 1.82) is 0 Å². The first-order chi connectivity index (χ1) is 11.6. The van der Waals surface area contributed by atoms with Crippen LogP contribution in [0.3, 0.4) is 0 Å². The molecule has 2 saturated heterocycles. The highest BCUT2D eigenvalue weighted by atomic mass is 16.6. The molecule has 1 aromatic carbocycles. The molecular formula is C17H22N4O3. The highest BCUT2D eigenvalue weighted by Gasteiger charge is 2.52. The third-order valence-electron chi connectivity index (χ3n) is 5.80. The van der Waals surface area contributed by atoms with E-state index in [2.05, 4.69) is 20.1 Å². The molecule has 7 nitrogen and oxygen atoms in total. The number of likely N-dealkylation sites (N-methyl/N-ethyl adjacent to an activating group) is 1. The lowest BCUT2D eigenvalue weighted by molar-refractivity contribution is -0.162. The fraction of sp³-hybridized carbons (Fsp3) is 0.588. The minimum Gasteiger partial charge on any atom is -0.481 e. The van der Waals surface area contributed by atoms with Crippen LogP contribution in [0, 0.1) is 5.41 Å². The van der Waals surface area contributed by atoms with Crippen LogP contribution in [0.25, 0.3) is 11.0 Å². The molecule has 7 heteroatoms. The minimum absolute atomic E-state index is 0.0622. The summed E-state index contributed by atoms with van der Waals surface area (Å²) in [5.41, 5.74) is 2.05. The molecule has 0 aliphatic carbocycles. The van der Waals surface area contributed by atoms with E-state index in [9.17, 15) is 9.90 Å². The number of likely N-dealkylation sites (tertiary alicyclic amines) is 2. The van der Waals surface area contributed by atoms with Gasteiger partial charge in [0.2, 0.25) is 0 Å². The molecule has 2 fully saturated rings. The predicted octanol–water partition coefficient (Wildman–Crippen LogP) is 1.59. The zero-order valence-electron chi connectivity index (χ0n) is 13.8. The van der Waals surface area contributed by atoms with E-state index in [1.165, 1.54) is 0 Å². The number of rotatable bonds is 3. The van der Waals surface area contributed by atoms with Crippen molar-refractivity contribution in [3.05, 3.63) is 23.8 Å². The van der Waals surface area contributed by atoms with Gasteiger partial charge in [0.15, 0.2) is 0 Å². The third kappa shape index (κ3) is 2.39. The second-order valence-corrected chi connectivity index (χ2v) is 7.10. The number of fused-ring (bicyclic) bond motifs is 2. The molecular weight excluding hydrogens is 308 g/mol. The van der Waals surface area contributed by atoms with E-state index in [0.29, 0.717) is 6.42 Å². The van der Waals surface area contributed by atoms with Crippen LogP contribution >= 0.6 is 0 Å². The zero-order chi connectivity index (χ0) is 16.7. The Morgan fingerprint density at radius 3 is 3.08 bits per heavy atom. The highest BCUT2D eigenvalue weighted by Crippen LogP contribution is 2.42. The van der Waals surface area contributed by atoms with Gasteiger partial charge in [0.05, 0.1) is 5.41 Å². The third-order valence-corrected chi connectivity index (χ3v) is 5.80. The van der Waals surface area contributed by atoms with E-state index < -0.39 is 11.4 Å². The van der Waals surface area contributed by atoms with Crippen LogP contribution < -0.4 is 0 Å². The van der Waals surface area contributed by atoms with E-state index in [1.807, 2.05) is 25.2 Å². The summed E-state index contributed by atoms with van der Waals surface area (Å²) < 4.78 is 4.84. The Morgan fingerprint density at radius 1 is 1.38 bits per heavy atom. The molecule has 2 aliphatic heterocycles. The summed E-state index contributed by atoms with van der Waals surface area (Å²) in [5.74, 6) is -0.637. The van der Waals surface area contributed by atoms with Crippen molar-refractivity contribution in [1.82, 2.24) is 20.1 Å². The Morgan fingerprint density at radius 2 is 2.25 bits per heavy atom. The fourth-order valence-electron chi connectivity index (χ4n) is 4.42. The van der Waals surface area contributed by atoms with Crippen molar-refractivity contribution in [3.8, 4) is 0 Å². The van der Waals surface area contributed by atoms with Crippen LogP contribution in [-0.4, -0.2) is 63.9 Å². The van der Waals surface area contributed by atoms with Gasteiger partial charge in [0.1, 0.15) is 11.0 Å². The molecule has 4 rings (SSSR count). The number of nitrogens with zero attached hydrogens (tertiary/aromatic N) is 4. The summed E-state index contributed by atoms with van der Waals surface area (Å²) in [6, 6.07) is 5.94. The van der Waals surface area contributed by atoms with Gasteiger partial charge in [-0.2, -0.15) is 0 Å². The molecule has 0 saturated carbocycles. The van der Waals surface area contributed by atoms with Crippen molar-refractivity contribution >= 4 is 17.0 Å². The lowest BCUT2D eigenvalue weighted by Crippen LogP contribution is -2.62. The van der Waals surface area contributed by atoms with Crippen molar-refractivity contribution in [2.24, 2.45) is 5.41 Å². The quantitative estimate of drug-likeness (QED) is 0.915. The molecule has 1 aromatic heterocycles. The van der Waals surface area contributed by atoms with Gasteiger partial charge in [-0.05, 0) is 61.3 Å². The normalized spacial score (nSPS) is 28.8. The van der Waals surface area contributed by atoms with Gasteiger partial charge in [-0.1, -0.05) is 12.1 Å². The Kier molecular flexibility index (Phi) is 3.77. The van der Waals surface area contributed by atoms with Crippen molar-refractivity contribution < 1.29 is 14.5 Å². The van der Waals surface area contributed by atoms with Crippen LogP contribution in [-0.2, 0) is 11.3 Å². The molecule has 2 aromatic rings. The van der Waals surface area contributed by atoms with Crippen LogP contribution in [0.1, 0.15) is 24.8 Å². The molecule has 0 spiro atoms. The Balaban J connectivity index is 1.57. The summed E-state index contributed by atoms with van der Waals surface area (Å²) in [4.78, 5) is 16.5. The highest BCUT2D eigenvalue weighted by molar-refractivity contribution is 5.77. The molecule has 1 N–H and O–H groups in total. The summed E-state index contributed by atoms with van der Waals surface area (Å²) in [7, 11) is 2.05. The van der Waals surface area contributed by atoms with E-state index in [4.69, 9.17) is 4.63 Å². The second-order valence-electron chi connectivity index (χ2n) is 7.10. The Hall–Kier alpha value is -1.99. The van der Waals surface area contributed by atoms with Crippen LogP contribution in [0.5, 0.6) is 0 Å². The van der Waals surface area contributed by atoms with E-state index in [-0.39, 0.29) is 6.04 Å². The number of carboxylic acids is 1. The van der Waals surface area contributed by atoms with Crippen LogP contribution in [0.15, 0.2) is 22.8 Å². The standard InChI is InChI=1S/C17H22N4O3/c1-20-8-3-6-17(16(22)23)7-9-21(11-14(17)20)10-12-4-2-5-13-15(12)19-24-18-13/h2,4-5,14H,3,6-11H2,1H3,(H,22,23)/t14-,17+/m1/s1. The zero-order valence-corrected chi connectivity index (χ0v) is 13.8. The summed E-state index contributed by atoms with van der Waals surface area (Å²) in [6.07, 6.45) is 2.45. The number of hydrogen-bond donors (Lipinski definition) is 1. The first kappa shape index (κ1) is 15.5. The Labute approximate surface area is 140 Å². The lowest BCUT2D eigenvalue weighted by Gasteiger charge is -2.51. The minimum atomic E-state index is -0.637. The molecule has 24 heavy (non-hydrogen) atoms. The molecule has 2 atom stereocenters. The van der Waals surface area contributed by atoms with E-state index >= 15 is 0 Å². The number of benzene rings is 1.